The van der Waals surface area contributed by atoms with E-state index in [1.165, 1.54) is 12.8 Å². The van der Waals surface area contributed by atoms with Crippen LogP contribution in [-0.2, 0) is 6.54 Å². The zero-order valence-corrected chi connectivity index (χ0v) is 13.9. The van der Waals surface area contributed by atoms with Crippen LogP contribution in [0.5, 0.6) is 5.88 Å². The van der Waals surface area contributed by atoms with Crippen LogP contribution in [0.4, 0.5) is 0 Å². The van der Waals surface area contributed by atoms with Gasteiger partial charge in [0.1, 0.15) is 0 Å². The van der Waals surface area contributed by atoms with Crippen LogP contribution >= 0.6 is 0 Å². The summed E-state index contributed by atoms with van der Waals surface area (Å²) in [5, 5.41) is 3.35. The van der Waals surface area contributed by atoms with Crippen LogP contribution in [0.25, 0.3) is 0 Å². The minimum Gasteiger partial charge on any atom is -0.475 e. The molecule has 1 aromatic rings. The molecule has 0 aliphatic rings. The van der Waals surface area contributed by atoms with Gasteiger partial charge in [0, 0.05) is 39.4 Å². The lowest BCUT2D eigenvalue weighted by Gasteiger charge is -2.21. The largest absolute Gasteiger partial charge is 0.475 e. The second-order valence-electron chi connectivity index (χ2n) is 5.35. The summed E-state index contributed by atoms with van der Waals surface area (Å²) in [6.45, 7) is 7.89. The van der Waals surface area contributed by atoms with Gasteiger partial charge in [0.15, 0.2) is 5.96 Å². The first-order valence-corrected chi connectivity index (χ1v) is 7.60. The topological polar surface area (TPSA) is 49.8 Å². The van der Waals surface area contributed by atoms with Gasteiger partial charge >= 0.3 is 0 Å². The fourth-order valence-corrected chi connectivity index (χ4v) is 1.89. The molecule has 1 N–H and O–H groups in total. The average molecular weight is 292 g/mol. The van der Waals surface area contributed by atoms with Crippen molar-refractivity contribution < 1.29 is 4.74 Å². The van der Waals surface area contributed by atoms with E-state index < -0.39 is 0 Å². The summed E-state index contributed by atoms with van der Waals surface area (Å²) in [6, 6.07) is 3.93. The van der Waals surface area contributed by atoms with Crippen LogP contribution in [0.15, 0.2) is 23.3 Å². The van der Waals surface area contributed by atoms with Gasteiger partial charge < -0.3 is 15.0 Å². The molecule has 0 bridgehead atoms. The van der Waals surface area contributed by atoms with Crippen molar-refractivity contribution in [2.75, 3.05) is 20.6 Å². The highest BCUT2D eigenvalue weighted by Crippen LogP contribution is 2.09. The number of rotatable bonds is 7. The molecule has 0 radical (unpaired) electrons. The molecule has 1 rings (SSSR count). The Morgan fingerprint density at radius 2 is 2.19 bits per heavy atom. The third-order valence-electron chi connectivity index (χ3n) is 3.03. The highest BCUT2D eigenvalue weighted by molar-refractivity contribution is 5.79. The highest BCUT2D eigenvalue weighted by atomic mass is 16.5. The van der Waals surface area contributed by atoms with Gasteiger partial charge in [-0.15, -0.1) is 0 Å². The molecule has 0 saturated carbocycles. The summed E-state index contributed by atoms with van der Waals surface area (Å²) in [4.78, 5) is 10.7. The molecule has 0 amide bonds. The molecule has 21 heavy (non-hydrogen) atoms. The minimum atomic E-state index is 0.146. The number of pyridine rings is 1. The first-order chi connectivity index (χ1) is 10.1. The summed E-state index contributed by atoms with van der Waals surface area (Å²) in [6.07, 6.45) is 4.33. The first-order valence-electron chi connectivity index (χ1n) is 7.60. The molecule has 0 atom stereocenters. The molecule has 0 unspecified atom stereocenters. The molecule has 5 nitrogen and oxygen atoms in total. The molecule has 5 heteroatoms. The van der Waals surface area contributed by atoms with Crippen molar-refractivity contribution in [2.45, 2.75) is 46.3 Å². The summed E-state index contributed by atoms with van der Waals surface area (Å²) in [5.74, 6) is 1.57. The molecule has 0 aromatic carbocycles. The first kappa shape index (κ1) is 17.3. The Labute approximate surface area is 128 Å². The Morgan fingerprint density at radius 1 is 1.43 bits per heavy atom. The van der Waals surface area contributed by atoms with Crippen molar-refractivity contribution in [2.24, 2.45) is 4.99 Å². The van der Waals surface area contributed by atoms with Gasteiger partial charge in [0.25, 0.3) is 0 Å². The zero-order valence-electron chi connectivity index (χ0n) is 13.9. The molecular formula is C16H28N4O. The third-order valence-corrected chi connectivity index (χ3v) is 3.03. The summed E-state index contributed by atoms with van der Waals surface area (Å²) < 4.78 is 5.53. The van der Waals surface area contributed by atoms with Crippen molar-refractivity contribution in [3.63, 3.8) is 0 Å². The molecule has 118 valence electrons. The van der Waals surface area contributed by atoms with Crippen LogP contribution < -0.4 is 10.1 Å². The van der Waals surface area contributed by atoms with E-state index in [1.54, 1.807) is 0 Å². The molecule has 0 spiro atoms. The molecule has 0 aliphatic heterocycles. The van der Waals surface area contributed by atoms with Gasteiger partial charge in [-0.2, -0.15) is 0 Å². The average Bonchev–Trinajstić information content (AvgIpc) is 2.46. The molecular weight excluding hydrogens is 264 g/mol. The van der Waals surface area contributed by atoms with Crippen LogP contribution in [-0.4, -0.2) is 42.6 Å². The number of aromatic nitrogens is 1. The maximum absolute atomic E-state index is 5.53. The van der Waals surface area contributed by atoms with Gasteiger partial charge in [-0.3, -0.25) is 4.99 Å². The fraction of sp³-hybridized carbons (Fsp3) is 0.625. The number of aliphatic imine (C=N–C) groups is 1. The third kappa shape index (κ3) is 6.47. The lowest BCUT2D eigenvalue weighted by Crippen LogP contribution is -2.38. The molecule has 0 saturated heterocycles. The van der Waals surface area contributed by atoms with E-state index in [0.29, 0.717) is 12.4 Å². The summed E-state index contributed by atoms with van der Waals surface area (Å²) in [7, 11) is 3.87. The van der Waals surface area contributed by atoms with E-state index in [9.17, 15) is 0 Å². The highest BCUT2D eigenvalue weighted by Gasteiger charge is 2.05. The Kier molecular flexibility index (Phi) is 7.58. The smallest absolute Gasteiger partial charge is 0.213 e. The van der Waals surface area contributed by atoms with E-state index in [-0.39, 0.29) is 6.10 Å². The molecule has 0 fully saturated rings. The predicted octanol–water partition coefficient (Wildman–Crippen LogP) is 2.68. The molecule has 1 heterocycles. The number of unbranched alkanes of at least 4 members (excludes halogenated alkanes) is 1. The summed E-state index contributed by atoms with van der Waals surface area (Å²) >= 11 is 0. The predicted molar refractivity (Wildman–Crippen MR) is 87.7 cm³/mol. The Hall–Kier alpha value is -1.78. The second kappa shape index (κ2) is 9.21. The van der Waals surface area contributed by atoms with E-state index in [4.69, 9.17) is 4.74 Å². The lowest BCUT2D eigenvalue weighted by atomic mass is 10.3. The quantitative estimate of drug-likeness (QED) is 0.620. The minimum absolute atomic E-state index is 0.146. The van der Waals surface area contributed by atoms with Gasteiger partial charge in [0.2, 0.25) is 5.88 Å². The number of nitrogens with one attached hydrogen (secondary N) is 1. The summed E-state index contributed by atoms with van der Waals surface area (Å²) in [5.41, 5.74) is 1.11. The van der Waals surface area contributed by atoms with Crippen molar-refractivity contribution >= 4 is 5.96 Å². The fourth-order valence-electron chi connectivity index (χ4n) is 1.89. The SMILES string of the molecule is CCCCN(C)C(=NC)NCc1ccc(OC(C)C)nc1. The van der Waals surface area contributed by atoms with Gasteiger partial charge in [0.05, 0.1) is 6.10 Å². The van der Waals surface area contributed by atoms with Gasteiger partial charge in [-0.25, -0.2) is 4.98 Å². The van der Waals surface area contributed by atoms with E-state index in [1.807, 2.05) is 39.2 Å². The monoisotopic (exact) mass is 292 g/mol. The standard InChI is InChI=1S/C16H28N4O/c1-6-7-10-20(5)16(17-4)19-12-14-8-9-15(18-11-14)21-13(2)3/h8-9,11,13H,6-7,10,12H2,1-5H3,(H,17,19). The maximum Gasteiger partial charge on any atom is 0.213 e. The van der Waals surface area contributed by atoms with E-state index in [2.05, 4.69) is 34.2 Å². The number of nitrogens with zero attached hydrogens (tertiary/aromatic N) is 3. The zero-order chi connectivity index (χ0) is 15.7. The van der Waals surface area contributed by atoms with Crippen LogP contribution in [0.3, 0.4) is 0 Å². The number of ether oxygens (including phenoxy) is 1. The number of guanidine groups is 1. The van der Waals surface area contributed by atoms with E-state index >= 15 is 0 Å². The normalized spacial score (nSPS) is 11.6. The van der Waals surface area contributed by atoms with Crippen LogP contribution in [0.1, 0.15) is 39.2 Å². The van der Waals surface area contributed by atoms with Crippen molar-refractivity contribution in [1.29, 1.82) is 0 Å². The number of hydrogen-bond donors (Lipinski definition) is 1. The van der Waals surface area contributed by atoms with Crippen LogP contribution in [0, 0.1) is 0 Å². The second-order valence-corrected chi connectivity index (χ2v) is 5.35. The van der Waals surface area contributed by atoms with Crippen molar-refractivity contribution in [1.82, 2.24) is 15.2 Å². The maximum atomic E-state index is 5.53. The van der Waals surface area contributed by atoms with E-state index in [0.717, 1.165) is 18.1 Å². The molecule has 1 aromatic heterocycles. The Bertz CT molecular complexity index is 428. The van der Waals surface area contributed by atoms with Gasteiger partial charge in [-0.05, 0) is 25.8 Å². The van der Waals surface area contributed by atoms with Crippen LogP contribution in [0.2, 0.25) is 0 Å². The van der Waals surface area contributed by atoms with Crippen molar-refractivity contribution in [3.05, 3.63) is 23.9 Å². The van der Waals surface area contributed by atoms with Crippen molar-refractivity contribution in [3.8, 4) is 5.88 Å². The molecule has 0 aliphatic carbocycles. The lowest BCUT2D eigenvalue weighted by molar-refractivity contribution is 0.232. The van der Waals surface area contributed by atoms with Gasteiger partial charge in [-0.1, -0.05) is 19.4 Å². The Morgan fingerprint density at radius 3 is 2.71 bits per heavy atom. The number of hydrogen-bond acceptors (Lipinski definition) is 3. The Balaban J connectivity index is 2.49.